The second-order valence-electron chi connectivity index (χ2n) is 6.99. The Bertz CT molecular complexity index is 568. The van der Waals surface area contributed by atoms with Crippen molar-refractivity contribution in [1.82, 2.24) is 15.1 Å². The summed E-state index contributed by atoms with van der Waals surface area (Å²) in [6.45, 7) is 7.56. The number of aryl methyl sites for hydroxylation is 1. The molecule has 1 aliphatic heterocycles. The van der Waals surface area contributed by atoms with E-state index in [4.69, 9.17) is 10.5 Å². The lowest BCUT2D eigenvalue weighted by atomic mass is 9.54. The van der Waals surface area contributed by atoms with Gasteiger partial charge in [0.05, 0.1) is 17.8 Å². The van der Waals surface area contributed by atoms with Crippen molar-refractivity contribution in [2.24, 2.45) is 11.1 Å². The molecule has 1 amide bonds. The molecule has 3 atom stereocenters. The molecule has 1 aliphatic carbocycles. The average molecular weight is 306 g/mol. The number of nitrogens with zero attached hydrogens (tertiary/aromatic N) is 2. The highest BCUT2D eigenvalue weighted by Crippen LogP contribution is 2.50. The van der Waals surface area contributed by atoms with Crippen molar-refractivity contribution in [3.8, 4) is 0 Å². The van der Waals surface area contributed by atoms with Crippen molar-refractivity contribution in [3.63, 3.8) is 0 Å². The van der Waals surface area contributed by atoms with E-state index >= 15 is 0 Å². The number of fused-ring (bicyclic) bond motifs is 1. The lowest BCUT2D eigenvalue weighted by Crippen LogP contribution is -2.76. The second-order valence-corrected chi connectivity index (χ2v) is 6.99. The van der Waals surface area contributed by atoms with Crippen molar-refractivity contribution in [1.29, 1.82) is 0 Å². The molecule has 1 aromatic heterocycles. The fraction of sp³-hybridized carbons (Fsp3) is 0.750. The van der Waals surface area contributed by atoms with Crippen LogP contribution in [0.1, 0.15) is 51.8 Å². The zero-order valence-electron chi connectivity index (χ0n) is 13.6. The van der Waals surface area contributed by atoms with E-state index in [1.54, 1.807) is 6.20 Å². The Labute approximate surface area is 131 Å². The highest BCUT2D eigenvalue weighted by molar-refractivity contribution is 5.89. The SMILES string of the molecule is CCOC1CC(N)(C(=O)NC2CCCn3nccc32)C1(C)C. The van der Waals surface area contributed by atoms with Gasteiger partial charge in [-0.25, -0.2) is 0 Å². The number of carbonyl (C=O) groups is 1. The van der Waals surface area contributed by atoms with Crippen LogP contribution in [-0.2, 0) is 16.1 Å². The van der Waals surface area contributed by atoms with Gasteiger partial charge in [0.1, 0.15) is 5.54 Å². The molecule has 0 radical (unpaired) electrons. The van der Waals surface area contributed by atoms with Gasteiger partial charge in [-0.1, -0.05) is 13.8 Å². The summed E-state index contributed by atoms with van der Waals surface area (Å²) in [7, 11) is 0. The van der Waals surface area contributed by atoms with Crippen molar-refractivity contribution < 1.29 is 9.53 Å². The summed E-state index contributed by atoms with van der Waals surface area (Å²) < 4.78 is 7.66. The third-order valence-electron chi connectivity index (χ3n) is 5.51. The van der Waals surface area contributed by atoms with Gasteiger partial charge in [-0.2, -0.15) is 5.10 Å². The Morgan fingerprint density at radius 2 is 2.36 bits per heavy atom. The van der Waals surface area contributed by atoms with Gasteiger partial charge in [-0.05, 0) is 25.8 Å². The number of hydrogen-bond donors (Lipinski definition) is 2. The van der Waals surface area contributed by atoms with E-state index in [0.29, 0.717) is 13.0 Å². The molecule has 1 aromatic rings. The number of nitrogens with one attached hydrogen (secondary N) is 1. The smallest absolute Gasteiger partial charge is 0.241 e. The first-order valence-electron chi connectivity index (χ1n) is 8.13. The predicted octanol–water partition coefficient (Wildman–Crippen LogP) is 1.37. The maximum atomic E-state index is 12.8. The molecule has 2 heterocycles. The topological polar surface area (TPSA) is 82.2 Å². The van der Waals surface area contributed by atoms with E-state index in [-0.39, 0.29) is 23.5 Å². The Kier molecular flexibility index (Phi) is 3.77. The van der Waals surface area contributed by atoms with Gasteiger partial charge in [-0.15, -0.1) is 0 Å². The summed E-state index contributed by atoms with van der Waals surface area (Å²) in [6.07, 6.45) is 4.36. The summed E-state index contributed by atoms with van der Waals surface area (Å²) in [4.78, 5) is 12.8. The molecule has 0 saturated heterocycles. The highest BCUT2D eigenvalue weighted by atomic mass is 16.5. The normalized spacial score (nSPS) is 32.9. The Morgan fingerprint density at radius 3 is 3.05 bits per heavy atom. The molecule has 1 saturated carbocycles. The number of nitrogens with two attached hydrogens (primary N) is 1. The first-order valence-corrected chi connectivity index (χ1v) is 8.13. The molecule has 0 aromatic carbocycles. The number of amides is 1. The van der Waals surface area contributed by atoms with Crippen LogP contribution in [0.2, 0.25) is 0 Å². The van der Waals surface area contributed by atoms with Crippen LogP contribution in [0.3, 0.4) is 0 Å². The van der Waals surface area contributed by atoms with Crippen LogP contribution < -0.4 is 11.1 Å². The van der Waals surface area contributed by atoms with Crippen molar-refractivity contribution in [2.75, 3.05) is 6.61 Å². The summed E-state index contributed by atoms with van der Waals surface area (Å²) in [6, 6.07) is 1.98. The minimum absolute atomic E-state index is 0.00567. The van der Waals surface area contributed by atoms with E-state index in [2.05, 4.69) is 10.4 Å². The summed E-state index contributed by atoms with van der Waals surface area (Å²) >= 11 is 0. The van der Waals surface area contributed by atoms with Crippen LogP contribution in [0.5, 0.6) is 0 Å². The van der Waals surface area contributed by atoms with Crippen molar-refractivity contribution in [3.05, 3.63) is 18.0 Å². The van der Waals surface area contributed by atoms with Gasteiger partial charge >= 0.3 is 0 Å². The lowest BCUT2D eigenvalue weighted by Gasteiger charge is -2.57. The zero-order valence-corrected chi connectivity index (χ0v) is 13.6. The van der Waals surface area contributed by atoms with E-state index in [1.165, 1.54) is 0 Å². The van der Waals surface area contributed by atoms with Gasteiger partial charge in [0.2, 0.25) is 5.91 Å². The molecule has 0 spiro atoms. The van der Waals surface area contributed by atoms with Crippen LogP contribution in [0, 0.1) is 5.41 Å². The quantitative estimate of drug-likeness (QED) is 0.880. The predicted molar refractivity (Wildman–Crippen MR) is 83.1 cm³/mol. The highest BCUT2D eigenvalue weighted by Gasteiger charge is 2.63. The fourth-order valence-electron chi connectivity index (χ4n) is 3.67. The number of hydrogen-bond acceptors (Lipinski definition) is 4. The van der Waals surface area contributed by atoms with Gasteiger partial charge in [0.15, 0.2) is 0 Å². The van der Waals surface area contributed by atoms with E-state index in [0.717, 1.165) is 25.1 Å². The number of rotatable bonds is 4. The third kappa shape index (κ3) is 2.16. The van der Waals surface area contributed by atoms with Crippen LogP contribution in [0.15, 0.2) is 12.3 Å². The number of carbonyl (C=O) groups excluding carboxylic acids is 1. The maximum absolute atomic E-state index is 12.8. The van der Waals surface area contributed by atoms with E-state index in [9.17, 15) is 4.79 Å². The second kappa shape index (κ2) is 5.35. The average Bonchev–Trinajstić information content (AvgIpc) is 2.96. The molecule has 6 heteroatoms. The van der Waals surface area contributed by atoms with Crippen LogP contribution in [0.4, 0.5) is 0 Å². The van der Waals surface area contributed by atoms with E-state index in [1.807, 2.05) is 31.5 Å². The summed E-state index contributed by atoms with van der Waals surface area (Å²) in [5.74, 6) is -0.0758. The minimum atomic E-state index is -0.866. The molecule has 22 heavy (non-hydrogen) atoms. The minimum Gasteiger partial charge on any atom is -0.378 e. The standard InChI is InChI=1S/C16H26N4O2/c1-4-22-13-10-16(17,15(13,2)3)14(21)19-11-6-5-9-20-12(11)7-8-18-20/h7-8,11,13H,4-6,9-10,17H2,1-3H3,(H,19,21). The molecule has 2 aliphatic rings. The van der Waals surface area contributed by atoms with Crippen molar-refractivity contribution in [2.45, 2.75) is 64.3 Å². The first kappa shape index (κ1) is 15.5. The molecule has 3 unspecified atom stereocenters. The molecular weight excluding hydrogens is 280 g/mol. The first-order chi connectivity index (χ1) is 10.4. The lowest BCUT2D eigenvalue weighted by molar-refractivity contribution is -0.171. The molecule has 0 bridgehead atoms. The molecule has 1 fully saturated rings. The van der Waals surface area contributed by atoms with Crippen LogP contribution in [0.25, 0.3) is 0 Å². The Morgan fingerprint density at radius 1 is 1.59 bits per heavy atom. The summed E-state index contributed by atoms with van der Waals surface area (Å²) in [5, 5.41) is 7.43. The van der Waals surface area contributed by atoms with Gasteiger partial charge in [0.25, 0.3) is 0 Å². The van der Waals surface area contributed by atoms with Crippen LogP contribution >= 0.6 is 0 Å². The largest absolute Gasteiger partial charge is 0.378 e. The summed E-state index contributed by atoms with van der Waals surface area (Å²) in [5.41, 5.74) is 6.29. The maximum Gasteiger partial charge on any atom is 0.241 e. The van der Waals surface area contributed by atoms with Crippen molar-refractivity contribution >= 4 is 5.91 Å². The Hall–Kier alpha value is -1.40. The number of ether oxygens (including phenoxy) is 1. The zero-order chi connectivity index (χ0) is 16.0. The molecule has 6 nitrogen and oxygen atoms in total. The van der Waals surface area contributed by atoms with Gasteiger partial charge in [-0.3, -0.25) is 9.48 Å². The molecule has 122 valence electrons. The van der Waals surface area contributed by atoms with E-state index < -0.39 is 5.54 Å². The van der Waals surface area contributed by atoms with Crippen LogP contribution in [-0.4, -0.2) is 33.9 Å². The molecule has 3 rings (SSSR count). The third-order valence-corrected chi connectivity index (χ3v) is 5.51. The van der Waals surface area contributed by atoms with Gasteiger partial charge < -0.3 is 15.8 Å². The molecular formula is C16H26N4O2. The van der Waals surface area contributed by atoms with Gasteiger partial charge in [0, 0.05) is 31.2 Å². The molecule has 3 N–H and O–H groups in total. The monoisotopic (exact) mass is 306 g/mol. The Balaban J connectivity index is 1.71. The number of aromatic nitrogens is 2. The fourth-order valence-corrected chi connectivity index (χ4v) is 3.67.